The lowest BCUT2D eigenvalue weighted by atomic mass is 9.79. The second-order valence-corrected chi connectivity index (χ2v) is 16.5. The van der Waals surface area contributed by atoms with Gasteiger partial charge >= 0.3 is 0 Å². The predicted octanol–water partition coefficient (Wildman–Crippen LogP) is 5.71. The molecule has 0 amide bonds. The van der Waals surface area contributed by atoms with E-state index >= 15 is 0 Å². The molecular weight excluding hydrogens is 572 g/mol. The molecule has 0 saturated carbocycles. The Balaban J connectivity index is 1.84. The van der Waals surface area contributed by atoms with Crippen molar-refractivity contribution in [2.45, 2.75) is 81.5 Å². The Bertz CT molecular complexity index is 1650. The summed E-state index contributed by atoms with van der Waals surface area (Å²) < 4.78 is 70.9. The van der Waals surface area contributed by atoms with Gasteiger partial charge in [0.15, 0.2) is 0 Å². The van der Waals surface area contributed by atoms with Crippen LogP contribution in [-0.4, -0.2) is 43.6 Å². The van der Waals surface area contributed by atoms with Crippen molar-refractivity contribution in [2.24, 2.45) is 0 Å². The minimum atomic E-state index is -4.15. The highest BCUT2D eigenvalue weighted by Gasteiger charge is 2.41. The molecule has 0 spiro atoms. The number of hydrogen-bond donors (Lipinski definition) is 1. The van der Waals surface area contributed by atoms with Crippen LogP contribution in [0.3, 0.4) is 0 Å². The molecule has 42 heavy (non-hydrogen) atoms. The van der Waals surface area contributed by atoms with Crippen molar-refractivity contribution in [1.82, 2.24) is 4.72 Å². The third-order valence-electron chi connectivity index (χ3n) is 7.59. The van der Waals surface area contributed by atoms with Crippen molar-refractivity contribution in [3.8, 4) is 11.5 Å². The standard InChI is InChI=1S/C32H42N2O6S2/c1-21-10-13-25(14-11-21)41(35,36)33-20-23-16-22-17-24(39-8)12-15-29(22)34(23)42(37,38)26-18-27(31(2,3)4)30(40-9)28(19-26)32(5,6)7/h10-15,17-19,23,33H,16,20H2,1-9H3/t23-/m1/s1. The topological polar surface area (TPSA) is 102 Å². The van der Waals surface area contributed by atoms with E-state index in [4.69, 9.17) is 9.47 Å². The average Bonchev–Trinajstić information content (AvgIpc) is 3.28. The van der Waals surface area contributed by atoms with E-state index in [1.54, 1.807) is 62.8 Å². The summed E-state index contributed by atoms with van der Waals surface area (Å²) in [7, 11) is -4.86. The van der Waals surface area contributed by atoms with Crippen molar-refractivity contribution in [3.05, 3.63) is 76.9 Å². The van der Waals surface area contributed by atoms with Gasteiger partial charge < -0.3 is 9.47 Å². The summed E-state index contributed by atoms with van der Waals surface area (Å²) in [6.07, 6.45) is 0.316. The van der Waals surface area contributed by atoms with Gasteiger partial charge in [-0.15, -0.1) is 0 Å². The minimum absolute atomic E-state index is 0.110. The maximum absolute atomic E-state index is 14.6. The highest BCUT2D eigenvalue weighted by molar-refractivity contribution is 7.93. The Labute approximate surface area is 251 Å². The predicted molar refractivity (Wildman–Crippen MR) is 167 cm³/mol. The molecule has 0 saturated heterocycles. The van der Waals surface area contributed by atoms with E-state index in [2.05, 4.69) is 4.72 Å². The third kappa shape index (κ3) is 6.16. The first-order chi connectivity index (χ1) is 19.4. The number of benzene rings is 3. The van der Waals surface area contributed by atoms with Gasteiger partial charge in [-0.1, -0.05) is 59.2 Å². The van der Waals surface area contributed by atoms with Gasteiger partial charge in [0.25, 0.3) is 10.0 Å². The second kappa shape index (κ2) is 11.2. The number of aryl methyl sites for hydroxylation is 1. The number of nitrogens with one attached hydrogen (secondary N) is 1. The van der Waals surface area contributed by atoms with Crippen molar-refractivity contribution >= 4 is 25.7 Å². The van der Waals surface area contributed by atoms with Crippen LogP contribution in [0.15, 0.2) is 64.4 Å². The molecule has 1 aliphatic rings. The Kier molecular flexibility index (Phi) is 8.50. The minimum Gasteiger partial charge on any atom is -0.497 e. The third-order valence-corrected chi connectivity index (χ3v) is 10.9. The molecule has 1 atom stereocenters. The number of nitrogens with zero attached hydrogens (tertiary/aromatic N) is 1. The van der Waals surface area contributed by atoms with Crippen LogP contribution in [-0.2, 0) is 37.3 Å². The van der Waals surface area contributed by atoms with Crippen LogP contribution in [0.25, 0.3) is 0 Å². The molecule has 3 aromatic carbocycles. The van der Waals surface area contributed by atoms with Crippen LogP contribution < -0.4 is 18.5 Å². The quantitative estimate of drug-likeness (QED) is 0.349. The number of fused-ring (bicyclic) bond motifs is 1. The van der Waals surface area contributed by atoms with Crippen molar-refractivity contribution in [3.63, 3.8) is 0 Å². The Morgan fingerprint density at radius 2 is 1.38 bits per heavy atom. The molecule has 0 fully saturated rings. The first-order valence-electron chi connectivity index (χ1n) is 13.9. The van der Waals surface area contributed by atoms with Crippen LogP contribution in [0, 0.1) is 6.92 Å². The number of anilines is 1. The van der Waals surface area contributed by atoms with E-state index in [0.29, 0.717) is 23.6 Å². The maximum Gasteiger partial charge on any atom is 0.264 e. The highest BCUT2D eigenvalue weighted by Crippen LogP contribution is 2.44. The lowest BCUT2D eigenvalue weighted by Gasteiger charge is -2.32. The van der Waals surface area contributed by atoms with Crippen molar-refractivity contribution in [2.75, 3.05) is 25.1 Å². The van der Waals surface area contributed by atoms with E-state index in [-0.39, 0.29) is 16.3 Å². The molecule has 0 unspecified atom stereocenters. The van der Waals surface area contributed by atoms with E-state index in [9.17, 15) is 16.8 Å². The summed E-state index contributed by atoms with van der Waals surface area (Å²) in [6.45, 7) is 13.9. The molecular formula is C32H42N2O6S2. The molecule has 8 nitrogen and oxygen atoms in total. The summed E-state index contributed by atoms with van der Waals surface area (Å²) in [6, 6.07) is 14.5. The molecule has 1 N–H and O–H groups in total. The van der Waals surface area contributed by atoms with Gasteiger partial charge in [-0.05, 0) is 72.2 Å². The zero-order valence-corrected chi connectivity index (χ0v) is 27.5. The summed E-state index contributed by atoms with van der Waals surface area (Å²) in [5.74, 6) is 1.27. The molecule has 3 aromatic rings. The van der Waals surface area contributed by atoms with E-state index in [1.807, 2.05) is 54.5 Å². The fourth-order valence-electron chi connectivity index (χ4n) is 5.29. The summed E-state index contributed by atoms with van der Waals surface area (Å²) in [4.78, 5) is 0.257. The van der Waals surface area contributed by atoms with Crippen LogP contribution in [0.2, 0.25) is 0 Å². The normalized spacial score (nSPS) is 15.9. The number of sulfonamides is 2. The number of hydrogen-bond acceptors (Lipinski definition) is 6. The molecule has 1 aliphatic heterocycles. The van der Waals surface area contributed by atoms with Crippen molar-refractivity contribution < 1.29 is 26.3 Å². The van der Waals surface area contributed by atoms with Gasteiger partial charge in [-0.2, -0.15) is 0 Å². The highest BCUT2D eigenvalue weighted by atomic mass is 32.2. The maximum atomic E-state index is 14.6. The van der Waals surface area contributed by atoms with Crippen LogP contribution in [0.1, 0.15) is 63.8 Å². The Morgan fingerprint density at radius 3 is 1.88 bits per heavy atom. The average molecular weight is 615 g/mol. The van der Waals surface area contributed by atoms with Gasteiger partial charge in [0.2, 0.25) is 10.0 Å². The first-order valence-corrected chi connectivity index (χ1v) is 16.8. The molecule has 1 heterocycles. The monoisotopic (exact) mass is 614 g/mol. The molecule has 228 valence electrons. The molecule has 0 aliphatic carbocycles. The first kappa shape index (κ1) is 31.8. The van der Waals surface area contributed by atoms with Crippen LogP contribution >= 0.6 is 0 Å². The summed E-state index contributed by atoms with van der Waals surface area (Å²) in [5.41, 5.74) is 2.95. The molecule has 10 heteroatoms. The SMILES string of the molecule is COc1ccc2c(c1)C[C@H](CNS(=O)(=O)c1ccc(C)cc1)N2S(=O)(=O)c1cc(C(C)(C)C)c(OC)c(C(C)(C)C)c1. The fraction of sp³-hybridized carbons (Fsp3) is 0.438. The van der Waals surface area contributed by atoms with Gasteiger partial charge in [-0.25, -0.2) is 21.6 Å². The van der Waals surface area contributed by atoms with E-state index in [1.165, 1.54) is 4.31 Å². The smallest absolute Gasteiger partial charge is 0.264 e. The molecule has 4 rings (SSSR count). The number of methoxy groups -OCH3 is 2. The zero-order valence-electron chi connectivity index (χ0n) is 25.9. The lowest BCUT2D eigenvalue weighted by Crippen LogP contribution is -2.45. The Morgan fingerprint density at radius 1 is 0.810 bits per heavy atom. The zero-order chi connectivity index (χ0) is 31.3. The van der Waals surface area contributed by atoms with Gasteiger partial charge in [0.05, 0.1) is 35.7 Å². The van der Waals surface area contributed by atoms with Gasteiger partial charge in [0, 0.05) is 17.7 Å². The Hall–Kier alpha value is -3.08. The lowest BCUT2D eigenvalue weighted by molar-refractivity contribution is 0.380. The van der Waals surface area contributed by atoms with Crippen LogP contribution in [0.4, 0.5) is 5.69 Å². The number of ether oxygens (including phenoxy) is 2. The molecule has 0 aromatic heterocycles. The fourth-order valence-corrected chi connectivity index (χ4v) is 8.10. The summed E-state index contributed by atoms with van der Waals surface area (Å²) in [5, 5.41) is 0. The van der Waals surface area contributed by atoms with Gasteiger partial charge in [0.1, 0.15) is 11.5 Å². The van der Waals surface area contributed by atoms with E-state index in [0.717, 1.165) is 22.3 Å². The largest absolute Gasteiger partial charge is 0.497 e. The van der Waals surface area contributed by atoms with Crippen LogP contribution in [0.5, 0.6) is 11.5 Å². The molecule has 0 bridgehead atoms. The molecule has 0 radical (unpaired) electrons. The summed E-state index contributed by atoms with van der Waals surface area (Å²) >= 11 is 0. The second-order valence-electron chi connectivity index (χ2n) is 12.9. The van der Waals surface area contributed by atoms with Crippen molar-refractivity contribution in [1.29, 1.82) is 0 Å². The number of rotatable bonds is 8. The van der Waals surface area contributed by atoms with E-state index < -0.39 is 36.9 Å². The van der Waals surface area contributed by atoms with Gasteiger partial charge in [-0.3, -0.25) is 4.31 Å².